The zero-order chi connectivity index (χ0) is 21.0. The third-order valence-electron chi connectivity index (χ3n) is 4.37. The molecule has 0 aliphatic carbocycles. The van der Waals surface area contributed by atoms with Crippen LogP contribution in [-0.2, 0) is 28.7 Å². The van der Waals surface area contributed by atoms with Crippen LogP contribution < -0.4 is 10.9 Å². The second kappa shape index (κ2) is 6.74. The van der Waals surface area contributed by atoms with Gasteiger partial charge in [0.05, 0.1) is 12.9 Å². The highest BCUT2D eigenvalue weighted by Crippen LogP contribution is 2.44. The molecule has 2 aliphatic rings. The van der Waals surface area contributed by atoms with Crippen molar-refractivity contribution in [2.45, 2.75) is 44.2 Å². The number of imidazole rings is 1. The molecule has 2 aromatic heterocycles. The predicted molar refractivity (Wildman–Crippen MR) is 95.3 cm³/mol. The summed E-state index contributed by atoms with van der Waals surface area (Å²) >= 11 is 0. The smallest absolute Gasteiger partial charge is 0.333 e. The van der Waals surface area contributed by atoms with Crippen LogP contribution in [0.25, 0.3) is 21.6 Å². The fourth-order valence-corrected chi connectivity index (χ4v) is 3.70. The van der Waals surface area contributed by atoms with E-state index in [4.69, 9.17) is 30.6 Å². The average Bonchev–Trinajstić information content (AvgIpc) is 3.24. The van der Waals surface area contributed by atoms with Crippen molar-refractivity contribution in [3.8, 4) is 0 Å². The summed E-state index contributed by atoms with van der Waals surface area (Å²) in [7, 11) is -4.17. The molecule has 0 spiro atoms. The number of aromatic nitrogens is 4. The molecule has 0 bridgehead atoms. The van der Waals surface area contributed by atoms with Gasteiger partial charge in [0.15, 0.2) is 23.5 Å². The quantitative estimate of drug-likeness (QED) is 0.369. The van der Waals surface area contributed by atoms with Crippen LogP contribution in [0.1, 0.15) is 20.1 Å². The van der Waals surface area contributed by atoms with Crippen molar-refractivity contribution in [3.63, 3.8) is 0 Å². The second-order valence-corrected chi connectivity index (χ2v) is 8.05. The molecule has 0 unspecified atom stereocenters. The average molecular weight is 427 g/mol. The number of nitrogens with two attached hydrogens (primary N) is 2. The largest absolute Gasteiger partial charge is 0.382 e. The van der Waals surface area contributed by atoms with Crippen LogP contribution in [0.15, 0.2) is 11.4 Å². The molecule has 29 heavy (non-hydrogen) atoms. The molecular formula is C13H17N9O6S. The summed E-state index contributed by atoms with van der Waals surface area (Å²) in [4.78, 5) is 14.9. The van der Waals surface area contributed by atoms with Gasteiger partial charge in [-0.3, -0.25) is 8.75 Å². The van der Waals surface area contributed by atoms with E-state index in [1.54, 1.807) is 13.8 Å². The van der Waals surface area contributed by atoms with Crippen LogP contribution in [0, 0.1) is 0 Å². The Kier molecular flexibility index (Phi) is 4.58. The van der Waals surface area contributed by atoms with Crippen molar-refractivity contribution in [2.75, 3.05) is 12.3 Å². The fourth-order valence-electron chi connectivity index (χ4n) is 3.38. The zero-order valence-electron chi connectivity index (χ0n) is 15.2. The lowest BCUT2D eigenvalue weighted by Crippen LogP contribution is -2.34. The highest BCUT2D eigenvalue weighted by Gasteiger charge is 2.56. The van der Waals surface area contributed by atoms with Crippen molar-refractivity contribution in [1.82, 2.24) is 19.5 Å². The number of fused-ring (bicyclic) bond motifs is 2. The molecule has 15 nitrogen and oxygen atoms in total. The van der Waals surface area contributed by atoms with Crippen molar-refractivity contribution >= 4 is 33.2 Å². The Morgan fingerprint density at radius 1 is 1.38 bits per heavy atom. The van der Waals surface area contributed by atoms with Gasteiger partial charge < -0.3 is 19.9 Å². The molecule has 4 heterocycles. The molecule has 4 atom stereocenters. The Morgan fingerprint density at radius 3 is 2.79 bits per heavy atom. The van der Waals surface area contributed by atoms with Gasteiger partial charge in [0.2, 0.25) is 5.95 Å². The van der Waals surface area contributed by atoms with Crippen LogP contribution in [0.3, 0.4) is 0 Å². The molecule has 2 aliphatic heterocycles. The summed E-state index contributed by atoms with van der Waals surface area (Å²) in [5.74, 6) is -1.12. The maximum atomic E-state index is 11.2. The summed E-state index contributed by atoms with van der Waals surface area (Å²) in [6.07, 6.45) is -1.50. The van der Waals surface area contributed by atoms with E-state index in [1.165, 1.54) is 10.9 Å². The van der Waals surface area contributed by atoms with Crippen LogP contribution in [0.4, 0.5) is 11.8 Å². The summed E-state index contributed by atoms with van der Waals surface area (Å²) in [6, 6.07) is 0. The van der Waals surface area contributed by atoms with Crippen LogP contribution in [-0.4, -0.2) is 58.6 Å². The van der Waals surface area contributed by atoms with E-state index in [9.17, 15) is 8.42 Å². The van der Waals surface area contributed by atoms with Gasteiger partial charge in [-0.25, -0.2) is 20.1 Å². The van der Waals surface area contributed by atoms with Crippen LogP contribution in [0.5, 0.6) is 0 Å². The minimum atomic E-state index is -4.17. The number of azide groups is 1. The van der Waals surface area contributed by atoms with E-state index in [0.29, 0.717) is 0 Å². The normalized spacial score (nSPS) is 28.4. The Morgan fingerprint density at radius 2 is 2.10 bits per heavy atom. The highest BCUT2D eigenvalue weighted by molar-refractivity contribution is 7.84. The van der Waals surface area contributed by atoms with Crippen molar-refractivity contribution in [2.24, 2.45) is 10.3 Å². The lowest BCUT2D eigenvalue weighted by Gasteiger charge is -2.24. The number of nitrogen functional groups attached to an aromatic ring is 1. The topological polar surface area (TPSA) is 215 Å². The maximum Gasteiger partial charge on any atom is 0.333 e. The van der Waals surface area contributed by atoms with Gasteiger partial charge in [-0.1, -0.05) is 0 Å². The summed E-state index contributed by atoms with van der Waals surface area (Å²) in [5, 5.41) is 8.27. The molecule has 0 amide bonds. The zero-order valence-corrected chi connectivity index (χ0v) is 16.1. The van der Waals surface area contributed by atoms with Crippen molar-refractivity contribution in [1.29, 1.82) is 0 Å². The first-order chi connectivity index (χ1) is 13.6. The number of ether oxygens (including phenoxy) is 3. The summed E-state index contributed by atoms with van der Waals surface area (Å²) in [6.45, 7) is 3.06. The third kappa shape index (κ3) is 3.69. The van der Waals surface area contributed by atoms with E-state index in [1.807, 2.05) is 0 Å². The number of hydrogen-bond donors (Lipinski definition) is 2. The molecule has 0 saturated carbocycles. The Bertz CT molecular complexity index is 1110. The second-order valence-electron chi connectivity index (χ2n) is 6.83. The summed E-state index contributed by atoms with van der Waals surface area (Å²) in [5.41, 5.74) is 15.0. The lowest BCUT2D eigenvalue weighted by molar-refractivity contribution is -0.198. The third-order valence-corrected chi connectivity index (χ3v) is 4.83. The van der Waals surface area contributed by atoms with Gasteiger partial charge in [-0.05, 0) is 24.5 Å². The minimum absolute atomic E-state index is 0.0173. The monoisotopic (exact) mass is 427 g/mol. The molecule has 4 rings (SSSR count). The number of nitrogens with zero attached hydrogens (tertiary/aromatic N) is 7. The van der Waals surface area contributed by atoms with E-state index in [0.717, 1.165) is 0 Å². The Balaban J connectivity index is 1.73. The van der Waals surface area contributed by atoms with E-state index < -0.39 is 40.6 Å². The molecule has 2 saturated heterocycles. The van der Waals surface area contributed by atoms with Gasteiger partial charge in [0.25, 0.3) is 0 Å². The SMILES string of the molecule is CC1(C)O[C@@H]2[C@H](O1)[C@@H](COS(N)(=O)=O)O[C@H]2n1cnc2c(N)nc(N=[N+]=[N-])nc21. The molecule has 4 N–H and O–H groups in total. The molecule has 156 valence electrons. The van der Waals surface area contributed by atoms with Gasteiger partial charge in [-0.2, -0.15) is 8.42 Å². The van der Waals surface area contributed by atoms with Crippen molar-refractivity contribution in [3.05, 3.63) is 16.8 Å². The highest BCUT2D eigenvalue weighted by atomic mass is 32.2. The van der Waals surface area contributed by atoms with E-state index in [-0.39, 0.29) is 29.5 Å². The van der Waals surface area contributed by atoms with Crippen LogP contribution >= 0.6 is 0 Å². The molecule has 2 aromatic rings. The molecular weight excluding hydrogens is 410 g/mol. The lowest BCUT2D eigenvalue weighted by atomic mass is 10.1. The Labute approximate surface area is 163 Å². The first-order valence-electron chi connectivity index (χ1n) is 8.31. The van der Waals surface area contributed by atoms with Gasteiger partial charge in [-0.15, -0.1) is 0 Å². The standard InChI is InChI=1S/C13H17N9O6S/c1-13(2)27-7-5(3-25-29(16,23)24)26-11(8(7)28-13)22-4-17-6-9(14)18-12(20-21-15)19-10(6)22/h4-5,7-8,11H,3H2,1-2H3,(H2,14,18,19)(H2,16,23,24)/t5-,7-,8-,11-/m1/s1. The first-order valence-corrected chi connectivity index (χ1v) is 9.78. The number of hydrogen-bond acceptors (Lipinski definition) is 11. The first kappa shape index (κ1) is 19.7. The molecule has 0 aromatic carbocycles. The molecule has 2 fully saturated rings. The predicted octanol–water partition coefficient (Wildman–Crippen LogP) is -0.0121. The van der Waals surface area contributed by atoms with E-state index in [2.05, 4.69) is 29.2 Å². The maximum absolute atomic E-state index is 11.2. The van der Waals surface area contributed by atoms with E-state index >= 15 is 0 Å². The fraction of sp³-hybridized carbons (Fsp3) is 0.615. The minimum Gasteiger partial charge on any atom is -0.382 e. The van der Waals surface area contributed by atoms with Crippen LogP contribution in [0.2, 0.25) is 0 Å². The Hall–Kier alpha value is -2.59. The van der Waals surface area contributed by atoms with Gasteiger partial charge in [0, 0.05) is 4.91 Å². The van der Waals surface area contributed by atoms with Gasteiger partial charge >= 0.3 is 10.3 Å². The van der Waals surface area contributed by atoms with Gasteiger partial charge in [0.1, 0.15) is 23.8 Å². The number of anilines is 1. The molecule has 0 radical (unpaired) electrons. The summed E-state index contributed by atoms with van der Waals surface area (Å²) < 4.78 is 46.3. The molecule has 16 heteroatoms. The van der Waals surface area contributed by atoms with Crippen molar-refractivity contribution < 1.29 is 26.8 Å². The number of rotatable bonds is 5.